The molecule has 1 heterocycles. The monoisotopic (exact) mass is 526 g/mol. The van der Waals surface area contributed by atoms with Crippen molar-refractivity contribution in [1.82, 2.24) is 15.5 Å². The van der Waals surface area contributed by atoms with Crippen LogP contribution in [0.3, 0.4) is 0 Å². The zero-order chi connectivity index (χ0) is 20.3. The second-order valence-corrected chi connectivity index (χ2v) is 8.58. The van der Waals surface area contributed by atoms with Gasteiger partial charge in [0.25, 0.3) is 0 Å². The predicted molar refractivity (Wildman–Crippen MR) is 135 cm³/mol. The van der Waals surface area contributed by atoms with Crippen LogP contribution in [0.5, 0.6) is 0 Å². The highest BCUT2D eigenvalue weighted by molar-refractivity contribution is 14.0. The maximum absolute atomic E-state index is 12.4. The fraction of sp³-hybridized carbons (Fsp3) is 0.667. The van der Waals surface area contributed by atoms with Crippen LogP contribution in [0.1, 0.15) is 57.4 Å². The third-order valence-electron chi connectivity index (χ3n) is 6.22. The smallest absolute Gasteiger partial charge is 0.223 e. The summed E-state index contributed by atoms with van der Waals surface area (Å²) in [6, 6.07) is 10.4. The van der Waals surface area contributed by atoms with E-state index in [1.165, 1.54) is 44.1 Å². The molecule has 2 N–H and O–H groups in total. The van der Waals surface area contributed by atoms with Crippen molar-refractivity contribution in [2.24, 2.45) is 16.8 Å². The van der Waals surface area contributed by atoms with Crippen molar-refractivity contribution in [3.63, 3.8) is 0 Å². The molecule has 1 saturated carbocycles. The van der Waals surface area contributed by atoms with Crippen LogP contribution in [0.4, 0.5) is 0 Å². The van der Waals surface area contributed by atoms with Crippen LogP contribution >= 0.6 is 24.0 Å². The molecule has 1 aliphatic heterocycles. The number of amides is 1. The maximum Gasteiger partial charge on any atom is 0.223 e. The van der Waals surface area contributed by atoms with Crippen LogP contribution in [0.15, 0.2) is 35.3 Å². The van der Waals surface area contributed by atoms with Crippen LogP contribution in [0, 0.1) is 11.8 Å². The Hall–Kier alpha value is -1.31. The van der Waals surface area contributed by atoms with Crippen molar-refractivity contribution >= 4 is 35.8 Å². The molecule has 1 aromatic rings. The summed E-state index contributed by atoms with van der Waals surface area (Å²) in [4.78, 5) is 19.1. The number of nitrogens with zero attached hydrogens (tertiary/aromatic N) is 2. The standard InChI is InChI=1S/C24H38N4O.HI/c1-2-25-24(26-15-8-13-20-11-6-7-12-20)27-18-22-17-23(29)28(19-22)16-14-21-9-4-3-5-10-21;/h3-5,9-10,20,22H,2,6-8,11-19H2,1H3,(H2,25,26,27);1H. The van der Waals surface area contributed by atoms with Gasteiger partial charge in [-0.1, -0.05) is 56.0 Å². The molecule has 3 rings (SSSR count). The molecule has 2 fully saturated rings. The summed E-state index contributed by atoms with van der Waals surface area (Å²) < 4.78 is 0. The Morgan fingerprint density at radius 2 is 1.90 bits per heavy atom. The molecule has 6 heteroatoms. The Labute approximate surface area is 199 Å². The van der Waals surface area contributed by atoms with Gasteiger partial charge in [0.2, 0.25) is 5.91 Å². The lowest BCUT2D eigenvalue weighted by Gasteiger charge is -2.17. The third kappa shape index (κ3) is 8.44. The second kappa shape index (κ2) is 13.9. The number of rotatable bonds is 10. The van der Waals surface area contributed by atoms with Gasteiger partial charge in [0.1, 0.15) is 0 Å². The van der Waals surface area contributed by atoms with Crippen molar-refractivity contribution in [2.75, 3.05) is 32.7 Å². The minimum Gasteiger partial charge on any atom is -0.357 e. The first kappa shape index (κ1) is 25.0. The summed E-state index contributed by atoms with van der Waals surface area (Å²) in [6.45, 7) is 6.29. The van der Waals surface area contributed by atoms with E-state index in [9.17, 15) is 4.79 Å². The SMILES string of the molecule is CCNC(=NCC1CC(=O)N(CCc2ccccc2)C1)NCCCC1CCCC1.I. The number of hydrogen-bond acceptors (Lipinski definition) is 2. The van der Waals surface area contributed by atoms with Gasteiger partial charge in [0.15, 0.2) is 5.96 Å². The largest absolute Gasteiger partial charge is 0.357 e. The third-order valence-corrected chi connectivity index (χ3v) is 6.22. The van der Waals surface area contributed by atoms with Gasteiger partial charge in [-0.15, -0.1) is 24.0 Å². The van der Waals surface area contributed by atoms with Crippen LogP contribution in [-0.4, -0.2) is 49.5 Å². The maximum atomic E-state index is 12.4. The fourth-order valence-electron chi connectivity index (χ4n) is 4.56. The molecule has 1 unspecified atom stereocenters. The minimum atomic E-state index is 0. The normalized spacial score (nSPS) is 19.8. The molecule has 1 amide bonds. The van der Waals surface area contributed by atoms with Crippen molar-refractivity contribution in [2.45, 2.75) is 58.3 Å². The number of carbonyl (C=O) groups excluding carboxylic acids is 1. The number of halogens is 1. The first-order valence-electron chi connectivity index (χ1n) is 11.6. The van der Waals surface area contributed by atoms with E-state index < -0.39 is 0 Å². The van der Waals surface area contributed by atoms with Gasteiger partial charge in [-0.2, -0.15) is 0 Å². The number of carbonyl (C=O) groups is 1. The lowest BCUT2D eigenvalue weighted by atomic mass is 10.0. The highest BCUT2D eigenvalue weighted by Crippen LogP contribution is 2.28. The summed E-state index contributed by atoms with van der Waals surface area (Å²) in [5, 5.41) is 6.82. The summed E-state index contributed by atoms with van der Waals surface area (Å²) in [5.74, 6) is 2.44. The Morgan fingerprint density at radius 3 is 2.63 bits per heavy atom. The van der Waals surface area contributed by atoms with Crippen LogP contribution in [0.25, 0.3) is 0 Å². The van der Waals surface area contributed by atoms with Crippen molar-refractivity contribution in [3.05, 3.63) is 35.9 Å². The van der Waals surface area contributed by atoms with Crippen molar-refractivity contribution in [3.8, 4) is 0 Å². The molecule has 2 aliphatic rings. The zero-order valence-electron chi connectivity index (χ0n) is 18.4. The average Bonchev–Trinajstić information content (AvgIpc) is 3.38. The van der Waals surface area contributed by atoms with Gasteiger partial charge in [0.05, 0.1) is 0 Å². The van der Waals surface area contributed by atoms with E-state index >= 15 is 0 Å². The molecular weight excluding hydrogens is 487 g/mol. The minimum absolute atomic E-state index is 0. The van der Waals surface area contributed by atoms with Crippen molar-refractivity contribution in [1.29, 1.82) is 0 Å². The van der Waals surface area contributed by atoms with E-state index in [1.54, 1.807) is 0 Å². The van der Waals surface area contributed by atoms with E-state index in [1.807, 2.05) is 11.0 Å². The summed E-state index contributed by atoms with van der Waals surface area (Å²) >= 11 is 0. The molecule has 1 atom stereocenters. The summed E-state index contributed by atoms with van der Waals surface area (Å²) in [7, 11) is 0. The number of guanidine groups is 1. The Bertz CT molecular complexity index is 646. The molecule has 1 saturated heterocycles. The Kier molecular flexibility index (Phi) is 11.6. The molecule has 1 aromatic carbocycles. The van der Waals surface area contributed by atoms with E-state index in [0.29, 0.717) is 18.9 Å². The predicted octanol–water partition coefficient (Wildman–Crippen LogP) is 4.22. The van der Waals surface area contributed by atoms with Gasteiger partial charge in [0, 0.05) is 45.1 Å². The first-order valence-corrected chi connectivity index (χ1v) is 11.6. The lowest BCUT2D eigenvalue weighted by molar-refractivity contribution is -0.127. The van der Waals surface area contributed by atoms with E-state index in [0.717, 1.165) is 44.5 Å². The van der Waals surface area contributed by atoms with E-state index in [4.69, 9.17) is 4.99 Å². The average molecular weight is 527 g/mol. The highest BCUT2D eigenvalue weighted by atomic mass is 127. The quantitative estimate of drug-likeness (QED) is 0.208. The molecule has 30 heavy (non-hydrogen) atoms. The fourth-order valence-corrected chi connectivity index (χ4v) is 4.56. The van der Waals surface area contributed by atoms with Gasteiger partial charge < -0.3 is 15.5 Å². The van der Waals surface area contributed by atoms with E-state index in [2.05, 4.69) is 41.8 Å². The molecular formula is C24H39IN4O. The number of likely N-dealkylation sites (tertiary alicyclic amines) is 1. The van der Waals surface area contributed by atoms with E-state index in [-0.39, 0.29) is 29.9 Å². The number of hydrogen-bond donors (Lipinski definition) is 2. The van der Waals surface area contributed by atoms with Crippen molar-refractivity contribution < 1.29 is 4.79 Å². The second-order valence-electron chi connectivity index (χ2n) is 8.58. The Morgan fingerprint density at radius 1 is 1.13 bits per heavy atom. The lowest BCUT2D eigenvalue weighted by Crippen LogP contribution is -2.38. The van der Waals surface area contributed by atoms with Crippen LogP contribution in [-0.2, 0) is 11.2 Å². The number of aliphatic imine (C=N–C) groups is 1. The van der Waals surface area contributed by atoms with Gasteiger partial charge in [-0.25, -0.2) is 0 Å². The zero-order valence-corrected chi connectivity index (χ0v) is 20.8. The molecule has 1 aliphatic carbocycles. The molecule has 5 nitrogen and oxygen atoms in total. The Balaban J connectivity index is 0.00000320. The number of nitrogens with one attached hydrogen (secondary N) is 2. The summed E-state index contributed by atoms with van der Waals surface area (Å²) in [5.41, 5.74) is 1.29. The topological polar surface area (TPSA) is 56.7 Å². The first-order chi connectivity index (χ1) is 14.2. The van der Waals surface area contributed by atoms with Gasteiger partial charge >= 0.3 is 0 Å². The highest BCUT2D eigenvalue weighted by Gasteiger charge is 2.29. The van der Waals surface area contributed by atoms with Gasteiger partial charge in [-0.05, 0) is 37.7 Å². The summed E-state index contributed by atoms with van der Waals surface area (Å²) in [6.07, 6.45) is 9.78. The number of benzene rings is 1. The van der Waals surface area contributed by atoms with Crippen LogP contribution in [0.2, 0.25) is 0 Å². The molecule has 0 aromatic heterocycles. The molecule has 0 bridgehead atoms. The molecule has 0 radical (unpaired) electrons. The van der Waals surface area contributed by atoms with Crippen LogP contribution < -0.4 is 10.6 Å². The molecule has 0 spiro atoms. The molecule has 168 valence electrons. The van der Waals surface area contributed by atoms with Gasteiger partial charge in [-0.3, -0.25) is 9.79 Å².